The van der Waals surface area contributed by atoms with Crippen LogP contribution in [-0.2, 0) is 10.0 Å². The van der Waals surface area contributed by atoms with Crippen molar-refractivity contribution in [2.24, 2.45) is 0 Å². The van der Waals surface area contributed by atoms with E-state index in [-0.39, 0.29) is 15.0 Å². The van der Waals surface area contributed by atoms with Crippen molar-refractivity contribution in [3.63, 3.8) is 0 Å². The third-order valence-corrected chi connectivity index (χ3v) is 8.31. The van der Waals surface area contributed by atoms with Crippen molar-refractivity contribution in [3.8, 4) is 0 Å². The molecule has 153 valence electrons. The maximum absolute atomic E-state index is 12.6. The zero-order valence-electron chi connectivity index (χ0n) is 15.7. The summed E-state index contributed by atoms with van der Waals surface area (Å²) in [6.45, 7) is 1.87. The van der Waals surface area contributed by atoms with Crippen molar-refractivity contribution < 1.29 is 23.1 Å². The third kappa shape index (κ3) is 5.39. The Kier molecular flexibility index (Phi) is 6.80. The van der Waals surface area contributed by atoms with Crippen LogP contribution < -0.4 is 9.07 Å². The number of aryl methyl sites for hydroxylation is 1. The van der Waals surface area contributed by atoms with Gasteiger partial charge in [-0.3, -0.25) is 0 Å². The topological polar surface area (TPSA) is 101 Å². The number of halogens is 1. The van der Waals surface area contributed by atoms with Crippen molar-refractivity contribution >= 4 is 62.3 Å². The summed E-state index contributed by atoms with van der Waals surface area (Å²) < 4.78 is 28.4. The van der Waals surface area contributed by atoms with Crippen LogP contribution in [0.15, 0.2) is 76.1 Å². The Morgan fingerprint density at radius 1 is 0.967 bits per heavy atom. The molecule has 3 aromatic carbocycles. The van der Waals surface area contributed by atoms with Gasteiger partial charge in [-0.2, -0.15) is 0 Å². The van der Waals surface area contributed by atoms with Gasteiger partial charge in [0, 0.05) is 0 Å². The normalized spacial score (nSPS) is 11.5. The number of rotatable bonds is 7. The average molecular weight is 549 g/mol. The Bertz CT molecular complexity index is 1210. The Labute approximate surface area is 189 Å². The second-order valence-corrected chi connectivity index (χ2v) is 11.3. The van der Waals surface area contributed by atoms with Crippen LogP contribution in [0.2, 0.25) is 0 Å². The van der Waals surface area contributed by atoms with Crippen LogP contribution in [-0.4, -0.2) is 39.8 Å². The maximum atomic E-state index is 12.6. The molecule has 0 spiro atoms. The first kappa shape index (κ1) is 22.3. The van der Waals surface area contributed by atoms with Crippen LogP contribution in [0, 0.1) is 6.92 Å². The van der Waals surface area contributed by atoms with Gasteiger partial charge in [0.1, 0.15) is 0 Å². The summed E-state index contributed by atoms with van der Waals surface area (Å²) in [6.07, 6.45) is 0. The molecule has 0 aliphatic rings. The van der Waals surface area contributed by atoms with Gasteiger partial charge >= 0.3 is 190 Å². The molecule has 6 nitrogen and oxygen atoms in total. The fourth-order valence-corrected chi connectivity index (χ4v) is 5.93. The molecule has 0 amide bonds. The molecule has 0 fully saturated rings. The van der Waals surface area contributed by atoms with Crippen LogP contribution in [0.25, 0.3) is 0 Å². The van der Waals surface area contributed by atoms with Crippen molar-refractivity contribution in [2.45, 2.75) is 11.8 Å². The molecule has 3 aromatic rings. The number of hydrogen-bond acceptors (Lipinski definition) is 4. The molecule has 1 radical (unpaired) electrons. The summed E-state index contributed by atoms with van der Waals surface area (Å²) in [5.74, 6) is -1.09. The summed E-state index contributed by atoms with van der Waals surface area (Å²) in [7, 11) is -3.73. The standard InChI is InChI=1S/C21H16AsBrNO5S/c1-13-2-9-17(10-3-13)30(28,29)24-16-7-4-14(5-8-16)20(25)22-19-11-6-15(23)12-18(19)21(26)27/h2-12,24H,1H3,(H,26,27). The van der Waals surface area contributed by atoms with Gasteiger partial charge in [0.25, 0.3) is 0 Å². The van der Waals surface area contributed by atoms with Gasteiger partial charge in [-0.25, -0.2) is 0 Å². The van der Waals surface area contributed by atoms with E-state index in [0.29, 0.717) is 20.1 Å². The zero-order chi connectivity index (χ0) is 21.9. The number of sulfonamides is 1. The third-order valence-electron chi connectivity index (χ3n) is 4.13. The molecule has 9 heteroatoms. The van der Waals surface area contributed by atoms with Crippen molar-refractivity contribution in [2.75, 3.05) is 4.72 Å². The predicted molar refractivity (Wildman–Crippen MR) is 119 cm³/mol. The van der Waals surface area contributed by atoms with E-state index in [1.807, 2.05) is 6.92 Å². The Morgan fingerprint density at radius 3 is 2.20 bits per heavy atom. The number of carboxylic acids is 1. The summed E-state index contributed by atoms with van der Waals surface area (Å²) in [5, 5.41) is 9.34. The van der Waals surface area contributed by atoms with Gasteiger partial charge in [-0.05, 0) is 0 Å². The van der Waals surface area contributed by atoms with E-state index >= 15 is 0 Å². The van der Waals surface area contributed by atoms with Gasteiger partial charge in [-0.15, -0.1) is 0 Å². The SMILES string of the molecule is Cc1ccc(S(=O)(=O)Nc2ccc(C(=O)[As]c3ccc(Br)cc3C(=O)O)cc2)cc1. The minimum absolute atomic E-state index is 0.0974. The van der Waals surface area contributed by atoms with Crippen LogP contribution in [0.4, 0.5) is 5.69 Å². The van der Waals surface area contributed by atoms with E-state index in [1.54, 1.807) is 24.3 Å². The quantitative estimate of drug-likeness (QED) is 0.441. The first-order valence-corrected chi connectivity index (χ1v) is 12.8. The molecule has 0 aliphatic carbocycles. The number of aromatic carboxylic acids is 1. The molecule has 30 heavy (non-hydrogen) atoms. The molecular formula is C21H16AsBrNO5S. The monoisotopic (exact) mass is 548 g/mol. The molecule has 0 saturated carbocycles. The van der Waals surface area contributed by atoms with Gasteiger partial charge in [0.05, 0.1) is 0 Å². The summed E-state index contributed by atoms with van der Waals surface area (Å²) in [6, 6.07) is 17.4. The van der Waals surface area contributed by atoms with Crippen LogP contribution >= 0.6 is 15.9 Å². The second kappa shape index (κ2) is 9.16. The minimum atomic E-state index is -3.73. The summed E-state index contributed by atoms with van der Waals surface area (Å²) in [5.41, 5.74) is 1.78. The summed E-state index contributed by atoms with van der Waals surface area (Å²) in [4.78, 5) is 24.2. The average Bonchev–Trinajstić information content (AvgIpc) is 2.69. The molecule has 2 N–H and O–H groups in total. The fraction of sp³-hybridized carbons (Fsp3) is 0.0476. The molecule has 3 rings (SSSR count). The van der Waals surface area contributed by atoms with E-state index in [1.165, 1.54) is 42.5 Å². The molecule has 0 atom stereocenters. The first-order chi connectivity index (χ1) is 14.2. The Morgan fingerprint density at radius 2 is 1.60 bits per heavy atom. The number of carbonyl (C=O) groups excluding carboxylic acids is 1. The Balaban J connectivity index is 1.75. The van der Waals surface area contributed by atoms with Gasteiger partial charge in [-0.1, -0.05) is 0 Å². The van der Waals surface area contributed by atoms with Crippen LogP contribution in [0.5, 0.6) is 0 Å². The van der Waals surface area contributed by atoms with E-state index in [4.69, 9.17) is 0 Å². The second-order valence-electron chi connectivity index (χ2n) is 6.38. The number of nitrogens with one attached hydrogen (secondary N) is 1. The van der Waals surface area contributed by atoms with E-state index in [2.05, 4.69) is 20.7 Å². The molecular weight excluding hydrogens is 533 g/mol. The molecule has 0 heterocycles. The van der Waals surface area contributed by atoms with E-state index in [0.717, 1.165) is 5.56 Å². The number of hydrogen-bond donors (Lipinski definition) is 2. The van der Waals surface area contributed by atoms with Gasteiger partial charge in [0.15, 0.2) is 0 Å². The van der Waals surface area contributed by atoms with Crippen molar-refractivity contribution in [3.05, 3.63) is 87.9 Å². The number of carbonyl (C=O) groups is 2. The van der Waals surface area contributed by atoms with Gasteiger partial charge < -0.3 is 0 Å². The van der Waals surface area contributed by atoms with E-state index < -0.39 is 31.7 Å². The van der Waals surface area contributed by atoms with Crippen molar-refractivity contribution in [1.82, 2.24) is 0 Å². The molecule has 0 aromatic heterocycles. The van der Waals surface area contributed by atoms with Gasteiger partial charge in [0.2, 0.25) is 0 Å². The zero-order valence-corrected chi connectivity index (χ0v) is 19.9. The Hall–Kier alpha value is -2.41. The molecule has 0 unspecified atom stereocenters. The number of anilines is 1. The number of carboxylic acid groups (broad SMARTS) is 1. The molecule has 0 bridgehead atoms. The predicted octanol–water partition coefficient (Wildman–Crippen LogP) is 3.43. The van der Waals surface area contributed by atoms with E-state index in [9.17, 15) is 23.1 Å². The number of benzene rings is 3. The van der Waals surface area contributed by atoms with Crippen molar-refractivity contribution in [1.29, 1.82) is 0 Å². The molecule has 0 saturated heterocycles. The van der Waals surface area contributed by atoms with Crippen LogP contribution in [0.1, 0.15) is 26.3 Å². The molecule has 0 aliphatic heterocycles. The van der Waals surface area contributed by atoms with Crippen LogP contribution in [0.3, 0.4) is 0 Å². The fourth-order valence-electron chi connectivity index (χ4n) is 2.56. The summed E-state index contributed by atoms with van der Waals surface area (Å²) >= 11 is 2.17. The first-order valence-electron chi connectivity index (χ1n) is 8.64.